The Morgan fingerprint density at radius 1 is 0.931 bits per heavy atom. The van der Waals surface area contributed by atoms with Crippen molar-refractivity contribution < 1.29 is 33.6 Å². The zero-order valence-electron chi connectivity index (χ0n) is 18.4. The molecule has 0 saturated carbocycles. The van der Waals surface area contributed by atoms with Crippen molar-refractivity contribution >= 4 is 5.78 Å². The Labute approximate surface area is 173 Å². The van der Waals surface area contributed by atoms with Crippen LogP contribution in [0.4, 0.5) is 0 Å². The largest absolute Gasteiger partial charge is 0.390 e. The van der Waals surface area contributed by atoms with Crippen molar-refractivity contribution in [3.63, 3.8) is 0 Å². The van der Waals surface area contributed by atoms with Crippen LogP contribution < -0.4 is 0 Å². The van der Waals surface area contributed by atoms with E-state index in [1.54, 1.807) is 6.92 Å². The van der Waals surface area contributed by atoms with E-state index in [1.807, 2.05) is 27.9 Å². The maximum absolute atomic E-state index is 11.6. The third-order valence-corrected chi connectivity index (χ3v) is 6.22. The van der Waals surface area contributed by atoms with Crippen LogP contribution in [0.3, 0.4) is 0 Å². The predicted molar refractivity (Wildman–Crippen MR) is 105 cm³/mol. The van der Waals surface area contributed by atoms with Crippen molar-refractivity contribution in [2.45, 2.75) is 115 Å². The number of nitrogens with zero attached hydrogens (tertiary/aromatic N) is 1. The number of aliphatic hydroxyl groups is 1. The molecule has 10 unspecified atom stereocenters. The summed E-state index contributed by atoms with van der Waals surface area (Å²) < 4.78 is 29.9. The van der Waals surface area contributed by atoms with Crippen LogP contribution in [0.25, 0.3) is 0 Å². The number of carbonyl (C=O) groups excluding carboxylic acids is 1. The molecule has 0 bridgehead atoms. The van der Waals surface area contributed by atoms with Crippen LogP contribution in [-0.4, -0.2) is 91.2 Å². The fourth-order valence-electron chi connectivity index (χ4n) is 4.58. The van der Waals surface area contributed by atoms with Crippen LogP contribution in [0.15, 0.2) is 0 Å². The summed E-state index contributed by atoms with van der Waals surface area (Å²) in [4.78, 5) is 13.8. The first kappa shape index (κ1) is 23.1. The van der Waals surface area contributed by atoms with Gasteiger partial charge in [-0.3, -0.25) is 4.79 Å². The number of hydrogen-bond donors (Lipinski definition) is 1. The summed E-state index contributed by atoms with van der Waals surface area (Å²) in [5, 5.41) is 10.7. The second kappa shape index (κ2) is 9.68. The molecule has 3 heterocycles. The lowest BCUT2D eigenvalue weighted by atomic mass is 9.95. The Kier molecular flexibility index (Phi) is 7.70. The lowest BCUT2D eigenvalue weighted by molar-refractivity contribution is -0.312. The van der Waals surface area contributed by atoms with E-state index in [2.05, 4.69) is 11.8 Å². The van der Waals surface area contributed by atoms with Gasteiger partial charge in [-0.15, -0.1) is 0 Å². The number of rotatable bonds is 5. The van der Waals surface area contributed by atoms with Gasteiger partial charge in [0, 0.05) is 25.3 Å². The molecule has 10 atom stereocenters. The summed E-state index contributed by atoms with van der Waals surface area (Å²) in [7, 11) is 4.09. The molecular formula is C21H37NO7. The molecule has 0 radical (unpaired) electrons. The summed E-state index contributed by atoms with van der Waals surface area (Å²) in [6.45, 7) is 7.70. The zero-order chi connectivity index (χ0) is 21.3. The van der Waals surface area contributed by atoms with E-state index in [0.717, 1.165) is 6.42 Å². The summed E-state index contributed by atoms with van der Waals surface area (Å²) in [5.41, 5.74) is 0. The fourth-order valence-corrected chi connectivity index (χ4v) is 4.58. The van der Waals surface area contributed by atoms with E-state index in [9.17, 15) is 9.90 Å². The highest BCUT2D eigenvalue weighted by atomic mass is 16.7. The molecule has 168 valence electrons. The van der Waals surface area contributed by atoms with Crippen molar-refractivity contribution in [1.29, 1.82) is 0 Å². The van der Waals surface area contributed by atoms with E-state index >= 15 is 0 Å². The number of carbonyl (C=O) groups is 1. The molecule has 8 heteroatoms. The van der Waals surface area contributed by atoms with Crippen molar-refractivity contribution in [2.24, 2.45) is 0 Å². The Hall–Kier alpha value is -0.610. The smallest absolute Gasteiger partial charge is 0.161 e. The number of hydrogen-bond acceptors (Lipinski definition) is 8. The Morgan fingerprint density at radius 2 is 1.59 bits per heavy atom. The highest BCUT2D eigenvalue weighted by Gasteiger charge is 2.43. The summed E-state index contributed by atoms with van der Waals surface area (Å²) in [6.07, 6.45) is -1.03. The number of ether oxygens (including phenoxy) is 5. The molecule has 0 spiro atoms. The second-order valence-corrected chi connectivity index (χ2v) is 8.91. The third-order valence-electron chi connectivity index (χ3n) is 6.22. The third kappa shape index (κ3) is 5.55. The molecule has 3 aliphatic rings. The molecule has 3 aliphatic heterocycles. The van der Waals surface area contributed by atoms with Gasteiger partial charge in [0.2, 0.25) is 0 Å². The van der Waals surface area contributed by atoms with E-state index < -0.39 is 30.9 Å². The lowest BCUT2D eigenvalue weighted by Crippen LogP contribution is -2.57. The summed E-state index contributed by atoms with van der Waals surface area (Å²) in [6, 6.07) is 0.216. The topological polar surface area (TPSA) is 86.7 Å². The van der Waals surface area contributed by atoms with Crippen LogP contribution >= 0.6 is 0 Å². The molecule has 0 aromatic carbocycles. The zero-order valence-corrected chi connectivity index (χ0v) is 18.4. The van der Waals surface area contributed by atoms with Gasteiger partial charge in [0.15, 0.2) is 18.4 Å². The molecule has 3 saturated heterocycles. The normalized spacial score (nSPS) is 46.8. The molecule has 8 nitrogen and oxygen atoms in total. The summed E-state index contributed by atoms with van der Waals surface area (Å²) in [5.74, 6) is 0.0837. The molecule has 0 aliphatic carbocycles. The van der Waals surface area contributed by atoms with E-state index in [-0.39, 0.29) is 36.2 Å². The van der Waals surface area contributed by atoms with Gasteiger partial charge < -0.3 is 33.7 Å². The Morgan fingerprint density at radius 3 is 2.21 bits per heavy atom. The van der Waals surface area contributed by atoms with Crippen molar-refractivity contribution in [1.82, 2.24) is 4.90 Å². The van der Waals surface area contributed by atoms with Crippen LogP contribution in [0.2, 0.25) is 0 Å². The minimum atomic E-state index is -0.739. The van der Waals surface area contributed by atoms with Gasteiger partial charge in [0.05, 0.1) is 24.4 Å². The maximum atomic E-state index is 11.6. The Bertz CT molecular complexity index is 547. The van der Waals surface area contributed by atoms with Gasteiger partial charge in [-0.25, -0.2) is 0 Å². The number of Topliss-reactive ketones (excluding diaryl/α,β-unsaturated/α-hetero) is 1. The van der Waals surface area contributed by atoms with Crippen LogP contribution in [-0.2, 0) is 28.5 Å². The van der Waals surface area contributed by atoms with Crippen molar-refractivity contribution in [3.05, 3.63) is 0 Å². The first-order chi connectivity index (χ1) is 13.7. The fraction of sp³-hybridized carbons (Fsp3) is 0.952. The quantitative estimate of drug-likeness (QED) is 0.723. The van der Waals surface area contributed by atoms with Gasteiger partial charge in [0.1, 0.15) is 18.3 Å². The van der Waals surface area contributed by atoms with Gasteiger partial charge in [-0.05, 0) is 48.2 Å². The highest BCUT2D eigenvalue weighted by Crippen LogP contribution is 2.31. The minimum Gasteiger partial charge on any atom is -0.390 e. The van der Waals surface area contributed by atoms with Crippen molar-refractivity contribution in [2.75, 3.05) is 14.1 Å². The lowest BCUT2D eigenvalue weighted by Gasteiger charge is -2.46. The van der Waals surface area contributed by atoms with Gasteiger partial charge in [-0.2, -0.15) is 0 Å². The minimum absolute atomic E-state index is 0.0640. The van der Waals surface area contributed by atoms with Crippen molar-refractivity contribution in [3.8, 4) is 0 Å². The first-order valence-electron chi connectivity index (χ1n) is 10.8. The molecule has 3 rings (SSSR count). The maximum Gasteiger partial charge on any atom is 0.161 e. The van der Waals surface area contributed by atoms with Gasteiger partial charge in [-0.1, -0.05) is 0 Å². The molecule has 0 amide bonds. The monoisotopic (exact) mass is 415 g/mol. The number of likely N-dealkylation sites (N-methyl/N-ethyl adjacent to an activating group) is 1. The SMILES string of the molecule is CC1CC(N(C)C)C(OC2CC(O)C(OC3CCC(=O)C(C)O3)C(C)O2)C(C)O1. The van der Waals surface area contributed by atoms with E-state index in [4.69, 9.17) is 23.7 Å². The second-order valence-electron chi connectivity index (χ2n) is 8.91. The number of aliphatic hydroxyl groups excluding tert-OH is 1. The molecule has 29 heavy (non-hydrogen) atoms. The molecule has 0 aromatic heterocycles. The Balaban J connectivity index is 1.57. The average molecular weight is 416 g/mol. The average Bonchev–Trinajstić information content (AvgIpc) is 2.63. The van der Waals surface area contributed by atoms with Gasteiger partial charge in [0.25, 0.3) is 0 Å². The molecular weight excluding hydrogens is 378 g/mol. The molecule has 1 N–H and O–H groups in total. The van der Waals surface area contributed by atoms with E-state index in [0.29, 0.717) is 19.3 Å². The van der Waals surface area contributed by atoms with Crippen LogP contribution in [0.5, 0.6) is 0 Å². The standard InChI is InChI=1S/C21H37NO7/c1-11-9-15(22(5)6)20(13(3)25-11)29-19-10-17(24)21(14(4)27-19)28-18-8-7-16(23)12(2)26-18/h11-15,17-21,24H,7-10H2,1-6H3. The van der Waals surface area contributed by atoms with E-state index in [1.165, 1.54) is 0 Å². The first-order valence-corrected chi connectivity index (χ1v) is 10.8. The van der Waals surface area contributed by atoms with Gasteiger partial charge >= 0.3 is 0 Å². The molecule has 0 aromatic rings. The van der Waals surface area contributed by atoms with Crippen LogP contribution in [0.1, 0.15) is 53.4 Å². The van der Waals surface area contributed by atoms with Crippen LogP contribution in [0, 0.1) is 0 Å². The number of ketones is 1. The highest BCUT2D eigenvalue weighted by molar-refractivity contribution is 5.83. The predicted octanol–water partition coefficient (Wildman–Crippen LogP) is 1.47. The summed E-state index contributed by atoms with van der Waals surface area (Å²) >= 11 is 0. The molecule has 3 fully saturated rings.